The molecule has 26 heavy (non-hydrogen) atoms. The Morgan fingerprint density at radius 2 is 1.96 bits per heavy atom. The monoisotopic (exact) mass is 360 g/mol. The van der Waals surface area contributed by atoms with E-state index in [0.29, 0.717) is 12.5 Å². The highest BCUT2D eigenvalue weighted by Crippen LogP contribution is 2.39. The summed E-state index contributed by atoms with van der Waals surface area (Å²) in [6.45, 7) is 8.13. The number of piperidine rings is 1. The molecule has 1 atom stereocenters. The van der Waals surface area contributed by atoms with Gasteiger partial charge in [0.05, 0.1) is 13.2 Å². The number of aliphatic hydroxyl groups excluding tert-OH is 1. The van der Waals surface area contributed by atoms with Gasteiger partial charge < -0.3 is 14.7 Å². The smallest absolute Gasteiger partial charge is 0.243 e. The normalized spacial score (nSPS) is 23.8. The molecular weight excluding hydrogens is 328 g/mol. The minimum atomic E-state index is -0.314. The van der Waals surface area contributed by atoms with Crippen LogP contribution in [-0.2, 0) is 17.9 Å². The van der Waals surface area contributed by atoms with Gasteiger partial charge in [-0.25, -0.2) is 0 Å². The van der Waals surface area contributed by atoms with Gasteiger partial charge in [0.2, 0.25) is 5.91 Å². The van der Waals surface area contributed by atoms with Crippen molar-refractivity contribution in [3.8, 4) is 5.75 Å². The molecule has 2 heterocycles. The fourth-order valence-electron chi connectivity index (χ4n) is 4.61. The van der Waals surface area contributed by atoms with Crippen LogP contribution in [0.5, 0.6) is 5.75 Å². The van der Waals surface area contributed by atoms with Crippen molar-refractivity contribution in [2.45, 2.75) is 64.6 Å². The van der Waals surface area contributed by atoms with Crippen molar-refractivity contribution in [3.05, 3.63) is 29.3 Å². The number of likely N-dealkylation sites (tertiary alicyclic amines) is 2. The minimum absolute atomic E-state index is 0.0302. The van der Waals surface area contributed by atoms with Gasteiger partial charge in [0.15, 0.2) is 0 Å². The van der Waals surface area contributed by atoms with Gasteiger partial charge in [-0.15, -0.1) is 0 Å². The summed E-state index contributed by atoms with van der Waals surface area (Å²) in [6, 6.07) is 6.03. The molecule has 1 N–H and O–H groups in total. The van der Waals surface area contributed by atoms with E-state index in [0.717, 1.165) is 75.2 Å². The van der Waals surface area contributed by atoms with Crippen molar-refractivity contribution in [2.24, 2.45) is 0 Å². The molecule has 2 aliphatic rings. The minimum Gasteiger partial charge on any atom is -0.494 e. The lowest BCUT2D eigenvalue weighted by Crippen LogP contribution is -2.59. The molecule has 1 amide bonds. The standard InChI is InChI=1S/C21H32N2O3/c1-3-11-22-12-5-9-21(20(22)25)10-6-13-23(21)15-17-7-8-19(26-4-2)18(14-17)16-24/h7-8,14,24H,3-6,9-13,15-16H2,1-2H3. The summed E-state index contributed by atoms with van der Waals surface area (Å²) in [5.41, 5.74) is 1.64. The van der Waals surface area contributed by atoms with E-state index in [2.05, 4.69) is 22.8 Å². The van der Waals surface area contributed by atoms with Crippen LogP contribution in [0.25, 0.3) is 0 Å². The number of carbonyl (C=O) groups is 1. The molecule has 1 aromatic rings. The maximum absolute atomic E-state index is 13.2. The third-order valence-corrected chi connectivity index (χ3v) is 5.79. The first-order chi connectivity index (χ1) is 12.6. The first-order valence-electron chi connectivity index (χ1n) is 10.0. The van der Waals surface area contributed by atoms with E-state index in [9.17, 15) is 9.90 Å². The average molecular weight is 360 g/mol. The molecule has 2 aliphatic heterocycles. The SMILES string of the molecule is CCCN1CCCC2(CCCN2Cc2ccc(OCC)c(CO)c2)C1=O. The van der Waals surface area contributed by atoms with E-state index < -0.39 is 0 Å². The Labute approximate surface area is 156 Å². The largest absolute Gasteiger partial charge is 0.494 e. The molecule has 1 aromatic carbocycles. The van der Waals surface area contributed by atoms with E-state index in [1.165, 1.54) is 0 Å². The van der Waals surface area contributed by atoms with Crippen LogP contribution in [0.15, 0.2) is 18.2 Å². The van der Waals surface area contributed by atoms with Gasteiger partial charge in [-0.05, 0) is 63.3 Å². The van der Waals surface area contributed by atoms with Gasteiger partial charge >= 0.3 is 0 Å². The van der Waals surface area contributed by atoms with Gasteiger partial charge in [-0.1, -0.05) is 13.0 Å². The van der Waals surface area contributed by atoms with Crippen LogP contribution in [0.2, 0.25) is 0 Å². The average Bonchev–Trinajstić information content (AvgIpc) is 3.04. The zero-order valence-corrected chi connectivity index (χ0v) is 16.2. The van der Waals surface area contributed by atoms with Crippen LogP contribution in [0.3, 0.4) is 0 Å². The van der Waals surface area contributed by atoms with Crippen LogP contribution in [0.4, 0.5) is 0 Å². The van der Waals surface area contributed by atoms with E-state index in [1.54, 1.807) is 0 Å². The van der Waals surface area contributed by atoms with Crippen LogP contribution in [-0.4, -0.2) is 52.6 Å². The lowest BCUT2D eigenvalue weighted by molar-refractivity contribution is -0.147. The Hall–Kier alpha value is -1.59. The third kappa shape index (κ3) is 3.60. The van der Waals surface area contributed by atoms with Crippen LogP contribution in [0.1, 0.15) is 57.1 Å². The summed E-state index contributed by atoms with van der Waals surface area (Å²) in [4.78, 5) is 17.7. The first kappa shape index (κ1) is 19.2. The number of nitrogens with zero attached hydrogens (tertiary/aromatic N) is 2. The highest BCUT2D eigenvalue weighted by molar-refractivity contribution is 5.87. The second kappa shape index (κ2) is 8.40. The third-order valence-electron chi connectivity index (χ3n) is 5.79. The summed E-state index contributed by atoms with van der Waals surface area (Å²) in [6.07, 6.45) is 5.12. The number of hydrogen-bond donors (Lipinski definition) is 1. The summed E-state index contributed by atoms with van der Waals surface area (Å²) in [7, 11) is 0. The molecule has 0 aliphatic carbocycles. The molecular formula is C21H32N2O3. The fourth-order valence-corrected chi connectivity index (χ4v) is 4.61. The zero-order chi connectivity index (χ0) is 18.6. The second-order valence-corrected chi connectivity index (χ2v) is 7.49. The maximum Gasteiger partial charge on any atom is 0.243 e. The van der Waals surface area contributed by atoms with Gasteiger partial charge in [0.1, 0.15) is 11.3 Å². The van der Waals surface area contributed by atoms with Crippen LogP contribution >= 0.6 is 0 Å². The van der Waals surface area contributed by atoms with Crippen molar-refractivity contribution in [1.29, 1.82) is 0 Å². The zero-order valence-electron chi connectivity index (χ0n) is 16.2. The van der Waals surface area contributed by atoms with Gasteiger partial charge in [-0.2, -0.15) is 0 Å². The van der Waals surface area contributed by atoms with E-state index in [4.69, 9.17) is 4.74 Å². The predicted molar refractivity (Wildman–Crippen MR) is 102 cm³/mol. The van der Waals surface area contributed by atoms with Crippen molar-refractivity contribution in [1.82, 2.24) is 9.80 Å². The fraction of sp³-hybridized carbons (Fsp3) is 0.667. The van der Waals surface area contributed by atoms with E-state index in [1.807, 2.05) is 19.1 Å². The lowest BCUT2D eigenvalue weighted by atomic mass is 9.85. The molecule has 1 unspecified atom stereocenters. The van der Waals surface area contributed by atoms with Crippen molar-refractivity contribution < 1.29 is 14.6 Å². The van der Waals surface area contributed by atoms with Crippen molar-refractivity contribution >= 4 is 5.91 Å². The van der Waals surface area contributed by atoms with Crippen molar-refractivity contribution in [3.63, 3.8) is 0 Å². The molecule has 5 heteroatoms. The summed E-state index contributed by atoms with van der Waals surface area (Å²) < 4.78 is 5.59. The molecule has 5 nitrogen and oxygen atoms in total. The summed E-state index contributed by atoms with van der Waals surface area (Å²) in [5, 5.41) is 9.65. The Bertz CT molecular complexity index is 632. The Balaban J connectivity index is 1.79. The number of hydrogen-bond acceptors (Lipinski definition) is 4. The molecule has 144 valence electrons. The molecule has 2 fully saturated rings. The molecule has 3 rings (SSSR count). The topological polar surface area (TPSA) is 53.0 Å². The number of ether oxygens (including phenoxy) is 1. The van der Waals surface area contributed by atoms with E-state index >= 15 is 0 Å². The number of amides is 1. The highest BCUT2D eigenvalue weighted by Gasteiger charge is 2.50. The van der Waals surface area contributed by atoms with Crippen molar-refractivity contribution in [2.75, 3.05) is 26.2 Å². The Morgan fingerprint density at radius 3 is 2.65 bits per heavy atom. The van der Waals surface area contributed by atoms with Crippen LogP contribution < -0.4 is 4.74 Å². The molecule has 1 spiro atoms. The number of rotatable bonds is 7. The quantitative estimate of drug-likeness (QED) is 0.812. The van der Waals surface area contributed by atoms with Gasteiger partial charge in [-0.3, -0.25) is 9.69 Å². The van der Waals surface area contributed by atoms with Crippen LogP contribution in [0, 0.1) is 0 Å². The molecule has 0 radical (unpaired) electrons. The van der Waals surface area contributed by atoms with Gasteiger partial charge in [0.25, 0.3) is 0 Å². The molecule has 0 saturated carbocycles. The molecule has 2 saturated heterocycles. The Kier molecular flexibility index (Phi) is 6.20. The summed E-state index contributed by atoms with van der Waals surface area (Å²) >= 11 is 0. The van der Waals surface area contributed by atoms with Gasteiger partial charge in [0, 0.05) is 25.2 Å². The highest BCUT2D eigenvalue weighted by atomic mass is 16.5. The number of benzene rings is 1. The molecule has 0 bridgehead atoms. The second-order valence-electron chi connectivity index (χ2n) is 7.49. The first-order valence-corrected chi connectivity index (χ1v) is 10.0. The lowest BCUT2D eigenvalue weighted by Gasteiger charge is -2.44. The molecule has 0 aromatic heterocycles. The Morgan fingerprint density at radius 1 is 1.19 bits per heavy atom. The number of carbonyl (C=O) groups excluding carboxylic acids is 1. The van der Waals surface area contributed by atoms with E-state index in [-0.39, 0.29) is 12.1 Å². The maximum atomic E-state index is 13.2. The predicted octanol–water partition coefficient (Wildman–Crippen LogP) is 2.94. The number of aliphatic hydroxyl groups is 1. The summed E-state index contributed by atoms with van der Waals surface area (Å²) in [5.74, 6) is 1.08.